The van der Waals surface area contributed by atoms with Gasteiger partial charge in [0, 0.05) is 23.8 Å². The molecule has 1 aromatic rings. The van der Waals surface area contributed by atoms with Crippen molar-refractivity contribution < 1.29 is 4.79 Å². The van der Waals surface area contributed by atoms with Crippen molar-refractivity contribution in [2.45, 2.75) is 45.6 Å². The molecule has 2 N–H and O–H groups in total. The number of nitrogens with zero attached hydrogens (tertiary/aromatic N) is 1. The van der Waals surface area contributed by atoms with Crippen molar-refractivity contribution in [2.75, 3.05) is 10.6 Å². The van der Waals surface area contributed by atoms with Crippen LogP contribution in [-0.4, -0.2) is 11.4 Å². The highest BCUT2D eigenvalue weighted by Gasteiger charge is 2.38. The smallest absolute Gasteiger partial charge is 0.224 e. The molecule has 0 saturated carbocycles. The largest absolute Gasteiger partial charge is 0.399 e. The summed E-state index contributed by atoms with van der Waals surface area (Å²) in [5.74, 6) is 0.520. The molecule has 1 amide bonds. The number of hydrogen-bond acceptors (Lipinski definition) is 2. The molecule has 0 radical (unpaired) electrons. The van der Waals surface area contributed by atoms with E-state index in [9.17, 15) is 4.79 Å². The summed E-state index contributed by atoms with van der Waals surface area (Å²) in [5.41, 5.74) is 8.65. The highest BCUT2D eigenvalue weighted by Crippen LogP contribution is 2.43. The first-order valence-electron chi connectivity index (χ1n) is 6.03. The summed E-state index contributed by atoms with van der Waals surface area (Å²) >= 11 is 0. The number of fused-ring (bicyclic) bond motifs is 1. The number of amides is 1. The van der Waals surface area contributed by atoms with E-state index in [-0.39, 0.29) is 11.4 Å². The fourth-order valence-corrected chi connectivity index (χ4v) is 3.04. The van der Waals surface area contributed by atoms with Crippen molar-refractivity contribution >= 4 is 17.3 Å². The van der Waals surface area contributed by atoms with Crippen molar-refractivity contribution in [2.24, 2.45) is 0 Å². The molecule has 0 bridgehead atoms. The molecule has 92 valence electrons. The average molecular weight is 232 g/mol. The van der Waals surface area contributed by atoms with E-state index in [4.69, 9.17) is 5.73 Å². The topological polar surface area (TPSA) is 46.3 Å². The minimum absolute atomic E-state index is 0.0907. The third-order valence-corrected chi connectivity index (χ3v) is 3.55. The van der Waals surface area contributed by atoms with Crippen molar-refractivity contribution in [3.8, 4) is 0 Å². The first-order valence-corrected chi connectivity index (χ1v) is 6.03. The van der Waals surface area contributed by atoms with Crippen molar-refractivity contribution in [1.82, 2.24) is 0 Å². The normalized spacial score (nSPS) is 22.1. The van der Waals surface area contributed by atoms with Crippen LogP contribution in [0, 0.1) is 0 Å². The average Bonchev–Trinajstić information content (AvgIpc) is 2.17. The van der Waals surface area contributed by atoms with Gasteiger partial charge >= 0.3 is 0 Å². The molecule has 1 aliphatic rings. The van der Waals surface area contributed by atoms with Gasteiger partial charge < -0.3 is 10.6 Å². The molecule has 17 heavy (non-hydrogen) atoms. The maximum absolute atomic E-state index is 11.9. The van der Waals surface area contributed by atoms with Crippen LogP contribution in [0.15, 0.2) is 18.2 Å². The first kappa shape index (κ1) is 12.0. The van der Waals surface area contributed by atoms with Gasteiger partial charge in [0.05, 0.1) is 0 Å². The van der Waals surface area contributed by atoms with Crippen LogP contribution in [-0.2, 0) is 4.79 Å². The second-order valence-electron chi connectivity index (χ2n) is 5.59. The van der Waals surface area contributed by atoms with E-state index in [1.54, 1.807) is 6.92 Å². The molecule has 3 heteroatoms. The number of benzene rings is 1. The van der Waals surface area contributed by atoms with Gasteiger partial charge in [0.15, 0.2) is 0 Å². The summed E-state index contributed by atoms with van der Waals surface area (Å²) in [6.45, 7) is 8.05. The summed E-state index contributed by atoms with van der Waals surface area (Å²) in [4.78, 5) is 13.8. The summed E-state index contributed by atoms with van der Waals surface area (Å²) in [6.07, 6.45) is 0.961. The van der Waals surface area contributed by atoms with Crippen LogP contribution in [0.5, 0.6) is 0 Å². The second kappa shape index (κ2) is 3.76. The fourth-order valence-electron chi connectivity index (χ4n) is 3.04. The summed E-state index contributed by atoms with van der Waals surface area (Å²) < 4.78 is 0. The lowest BCUT2D eigenvalue weighted by molar-refractivity contribution is -0.117. The van der Waals surface area contributed by atoms with Gasteiger partial charge in [-0.15, -0.1) is 0 Å². The molecule has 1 unspecified atom stereocenters. The van der Waals surface area contributed by atoms with E-state index in [0.717, 1.165) is 17.8 Å². The van der Waals surface area contributed by atoms with Gasteiger partial charge in [0.25, 0.3) is 0 Å². The van der Waals surface area contributed by atoms with Crippen LogP contribution in [0.1, 0.15) is 45.6 Å². The second-order valence-corrected chi connectivity index (χ2v) is 5.59. The molecule has 1 atom stereocenters. The highest BCUT2D eigenvalue weighted by molar-refractivity contribution is 5.94. The monoisotopic (exact) mass is 232 g/mol. The zero-order chi connectivity index (χ0) is 12.8. The van der Waals surface area contributed by atoms with E-state index in [1.807, 2.05) is 23.1 Å². The number of nitrogen functional groups attached to an aromatic ring is 1. The maximum atomic E-state index is 11.9. The molecular formula is C14H20N2O. The molecule has 1 heterocycles. The van der Waals surface area contributed by atoms with E-state index < -0.39 is 0 Å². The Morgan fingerprint density at radius 2 is 2.12 bits per heavy atom. The summed E-state index contributed by atoms with van der Waals surface area (Å²) in [6, 6.07) is 5.82. The summed E-state index contributed by atoms with van der Waals surface area (Å²) in [5, 5.41) is 0. The quantitative estimate of drug-likeness (QED) is 0.699. The van der Waals surface area contributed by atoms with E-state index in [0.29, 0.717) is 5.92 Å². The molecule has 0 aromatic heterocycles. The van der Waals surface area contributed by atoms with Crippen molar-refractivity contribution in [3.05, 3.63) is 23.8 Å². The number of nitrogens with two attached hydrogens (primary N) is 1. The first-order chi connectivity index (χ1) is 7.83. The van der Waals surface area contributed by atoms with Crippen LogP contribution in [0.2, 0.25) is 0 Å². The Morgan fingerprint density at radius 3 is 2.71 bits per heavy atom. The summed E-state index contributed by atoms with van der Waals surface area (Å²) in [7, 11) is 0. The highest BCUT2D eigenvalue weighted by atomic mass is 16.2. The lowest BCUT2D eigenvalue weighted by Crippen LogP contribution is -2.50. The molecule has 3 nitrogen and oxygen atoms in total. The van der Waals surface area contributed by atoms with Crippen LogP contribution in [0.4, 0.5) is 11.4 Å². The minimum Gasteiger partial charge on any atom is -0.399 e. The molecular weight excluding hydrogens is 212 g/mol. The number of hydrogen-bond donors (Lipinski definition) is 1. The van der Waals surface area contributed by atoms with Gasteiger partial charge in [0.1, 0.15) is 0 Å². The Balaban J connectivity index is 2.61. The predicted molar refractivity (Wildman–Crippen MR) is 71.1 cm³/mol. The molecule has 1 aromatic carbocycles. The fraction of sp³-hybridized carbons (Fsp3) is 0.500. The van der Waals surface area contributed by atoms with E-state index in [2.05, 4.69) is 20.8 Å². The molecule has 0 spiro atoms. The Bertz CT molecular complexity index is 465. The standard InChI is InChI=1S/C14H20N2O/c1-9-8-14(3,4)16(10(2)17)13-6-5-11(15)7-12(9)13/h5-7,9H,8,15H2,1-4H3. The molecule has 0 fully saturated rings. The minimum atomic E-state index is -0.131. The number of anilines is 2. The Labute approximate surface area is 103 Å². The van der Waals surface area contributed by atoms with Crippen molar-refractivity contribution in [1.29, 1.82) is 0 Å². The van der Waals surface area contributed by atoms with E-state index >= 15 is 0 Å². The Kier molecular flexibility index (Phi) is 2.64. The zero-order valence-electron chi connectivity index (χ0n) is 10.9. The molecule has 0 aliphatic carbocycles. The molecule has 2 rings (SSSR count). The van der Waals surface area contributed by atoms with Crippen LogP contribution in [0.25, 0.3) is 0 Å². The maximum Gasteiger partial charge on any atom is 0.224 e. The van der Waals surface area contributed by atoms with Crippen LogP contribution in [0.3, 0.4) is 0 Å². The lowest BCUT2D eigenvalue weighted by Gasteiger charge is -2.45. The van der Waals surface area contributed by atoms with Crippen molar-refractivity contribution in [3.63, 3.8) is 0 Å². The number of carbonyl (C=O) groups is 1. The van der Waals surface area contributed by atoms with E-state index in [1.165, 1.54) is 5.56 Å². The van der Waals surface area contributed by atoms with Gasteiger partial charge in [0.2, 0.25) is 5.91 Å². The predicted octanol–water partition coefficient (Wildman–Crippen LogP) is 2.91. The SMILES string of the molecule is CC(=O)N1c2ccc(N)cc2C(C)CC1(C)C. The molecule has 1 aliphatic heterocycles. The van der Waals surface area contributed by atoms with Crippen LogP contribution < -0.4 is 10.6 Å². The third kappa shape index (κ3) is 1.90. The van der Waals surface area contributed by atoms with Gasteiger partial charge in [-0.2, -0.15) is 0 Å². The Hall–Kier alpha value is -1.51. The zero-order valence-corrected chi connectivity index (χ0v) is 10.9. The van der Waals surface area contributed by atoms with Gasteiger partial charge in [-0.1, -0.05) is 6.92 Å². The van der Waals surface area contributed by atoms with Gasteiger partial charge in [-0.05, 0) is 49.9 Å². The number of carbonyl (C=O) groups excluding carboxylic acids is 1. The number of rotatable bonds is 0. The third-order valence-electron chi connectivity index (χ3n) is 3.55. The molecule has 0 saturated heterocycles. The van der Waals surface area contributed by atoms with Crippen LogP contribution >= 0.6 is 0 Å². The van der Waals surface area contributed by atoms with Gasteiger partial charge in [-0.3, -0.25) is 4.79 Å². The lowest BCUT2D eigenvalue weighted by atomic mass is 9.80. The van der Waals surface area contributed by atoms with Gasteiger partial charge in [-0.25, -0.2) is 0 Å². The Morgan fingerprint density at radius 1 is 1.47 bits per heavy atom.